The van der Waals surface area contributed by atoms with Gasteiger partial charge in [0.15, 0.2) is 0 Å². The van der Waals surface area contributed by atoms with Gasteiger partial charge in [-0.1, -0.05) is 25.5 Å². The molecule has 0 spiro atoms. The summed E-state index contributed by atoms with van der Waals surface area (Å²) in [4.78, 5) is 2.38. The Hall–Kier alpha value is -2.45. The van der Waals surface area contributed by atoms with Crippen LogP contribution in [0.2, 0.25) is 0 Å². The molecule has 2 aromatic rings. The first-order valence-corrected chi connectivity index (χ1v) is 12.3. The summed E-state index contributed by atoms with van der Waals surface area (Å²) in [5.41, 5.74) is 2.35. The molecule has 31 heavy (non-hydrogen) atoms. The van der Waals surface area contributed by atoms with Gasteiger partial charge in [-0.25, -0.2) is 8.42 Å². The van der Waals surface area contributed by atoms with Crippen LogP contribution in [-0.2, 0) is 21.2 Å². The molecule has 1 N–H and O–H groups in total. The number of rotatable bonds is 10. The molecule has 8 heteroatoms. The molecule has 1 aliphatic heterocycles. The Morgan fingerprint density at radius 3 is 2.23 bits per heavy atom. The molecule has 1 fully saturated rings. The Balaban J connectivity index is 1.95. The minimum absolute atomic E-state index is 0.213. The minimum Gasteiger partial charge on any atom is -0.492 e. The number of nitrogens with zero attached hydrogens (tertiary/aromatic N) is 1. The molecule has 1 saturated heterocycles. The van der Waals surface area contributed by atoms with Gasteiger partial charge in [0.05, 0.1) is 42.7 Å². The fourth-order valence-corrected chi connectivity index (χ4v) is 4.62. The predicted molar refractivity (Wildman–Crippen MR) is 123 cm³/mol. The molecular formula is C23H32N2O5S. The van der Waals surface area contributed by atoms with Crippen molar-refractivity contribution in [2.45, 2.75) is 38.5 Å². The van der Waals surface area contributed by atoms with E-state index in [1.165, 1.54) is 0 Å². The van der Waals surface area contributed by atoms with Gasteiger partial charge in [-0.15, -0.1) is 0 Å². The van der Waals surface area contributed by atoms with Gasteiger partial charge in [-0.05, 0) is 38.0 Å². The predicted octanol–water partition coefficient (Wildman–Crippen LogP) is 4.07. The number of ether oxygens (including phenoxy) is 3. The van der Waals surface area contributed by atoms with Gasteiger partial charge in [-0.3, -0.25) is 4.72 Å². The molecular weight excluding hydrogens is 416 g/mol. The Kier molecular flexibility index (Phi) is 8.03. The van der Waals surface area contributed by atoms with Gasteiger partial charge in [0.2, 0.25) is 0 Å². The van der Waals surface area contributed by atoms with Gasteiger partial charge in [-0.2, -0.15) is 0 Å². The lowest BCUT2D eigenvalue weighted by Crippen LogP contribution is -2.36. The summed E-state index contributed by atoms with van der Waals surface area (Å²) in [6, 6.07) is 10.5. The largest absolute Gasteiger partial charge is 0.492 e. The quantitative estimate of drug-likeness (QED) is 0.590. The number of aryl methyl sites for hydroxylation is 1. The summed E-state index contributed by atoms with van der Waals surface area (Å²) in [5, 5.41) is 0. The van der Waals surface area contributed by atoms with E-state index in [9.17, 15) is 8.42 Å². The summed E-state index contributed by atoms with van der Waals surface area (Å²) in [7, 11) is -3.77. The normalized spacial score (nSPS) is 14.4. The molecule has 1 heterocycles. The second-order valence-corrected chi connectivity index (χ2v) is 8.96. The SMILES string of the molecule is CCCc1ccc(S(=O)(=O)Nc2cc(OCC)c(N3CCOCC3)cc2OCC)cc1. The van der Waals surface area contributed by atoms with Crippen LogP contribution in [0.1, 0.15) is 32.8 Å². The van der Waals surface area contributed by atoms with Gasteiger partial charge in [0.1, 0.15) is 11.5 Å². The maximum atomic E-state index is 13.0. The van der Waals surface area contributed by atoms with E-state index in [2.05, 4.69) is 16.5 Å². The fraction of sp³-hybridized carbons (Fsp3) is 0.478. The number of benzene rings is 2. The van der Waals surface area contributed by atoms with Crippen LogP contribution in [0.4, 0.5) is 11.4 Å². The first kappa shape index (κ1) is 23.2. The molecule has 1 aliphatic rings. The second kappa shape index (κ2) is 10.7. The zero-order chi connectivity index (χ0) is 22.3. The first-order valence-electron chi connectivity index (χ1n) is 10.9. The summed E-state index contributed by atoms with van der Waals surface area (Å²) in [6.07, 6.45) is 1.93. The zero-order valence-electron chi connectivity index (χ0n) is 18.5. The molecule has 3 rings (SSSR count). The van der Waals surface area contributed by atoms with Crippen molar-refractivity contribution in [2.24, 2.45) is 0 Å². The van der Waals surface area contributed by atoms with Crippen molar-refractivity contribution in [3.63, 3.8) is 0 Å². The topological polar surface area (TPSA) is 77.1 Å². The van der Waals surface area contributed by atoms with Crippen molar-refractivity contribution in [1.82, 2.24) is 0 Å². The summed E-state index contributed by atoms with van der Waals surface area (Å²) < 4.78 is 45.9. The zero-order valence-corrected chi connectivity index (χ0v) is 19.3. The van der Waals surface area contributed by atoms with E-state index in [1.54, 1.807) is 18.2 Å². The highest BCUT2D eigenvalue weighted by Crippen LogP contribution is 2.40. The van der Waals surface area contributed by atoms with Crippen LogP contribution in [0.3, 0.4) is 0 Å². The van der Waals surface area contributed by atoms with E-state index < -0.39 is 10.0 Å². The molecule has 170 valence electrons. The molecule has 0 aromatic heterocycles. The number of anilines is 2. The number of morpholine rings is 1. The molecule has 0 radical (unpaired) electrons. The third-order valence-corrected chi connectivity index (χ3v) is 6.41. The molecule has 2 aromatic carbocycles. The number of nitrogens with one attached hydrogen (secondary N) is 1. The van der Waals surface area contributed by atoms with Crippen molar-refractivity contribution < 1.29 is 22.6 Å². The molecule has 0 unspecified atom stereocenters. The lowest BCUT2D eigenvalue weighted by Gasteiger charge is -2.31. The van der Waals surface area contributed by atoms with Crippen LogP contribution in [0.5, 0.6) is 11.5 Å². The Bertz CT molecular complexity index is 955. The van der Waals surface area contributed by atoms with E-state index in [0.29, 0.717) is 43.6 Å². The van der Waals surface area contributed by atoms with Crippen LogP contribution in [0, 0.1) is 0 Å². The molecule has 7 nitrogen and oxygen atoms in total. The van der Waals surface area contributed by atoms with Crippen molar-refractivity contribution in [3.05, 3.63) is 42.0 Å². The highest BCUT2D eigenvalue weighted by molar-refractivity contribution is 7.92. The molecule has 0 amide bonds. The summed E-state index contributed by atoms with van der Waals surface area (Å²) in [6.45, 7) is 9.50. The van der Waals surface area contributed by atoms with Crippen LogP contribution in [-0.4, -0.2) is 47.9 Å². The standard InChI is InChI=1S/C23H32N2O5S/c1-4-7-18-8-10-19(11-9-18)31(26,27)24-20-16-23(30-6-3)21(17-22(20)29-5-2)25-12-14-28-15-13-25/h8-11,16-17,24H,4-7,12-15H2,1-3H3. The maximum Gasteiger partial charge on any atom is 0.262 e. The van der Waals surface area contributed by atoms with Crippen molar-refractivity contribution in [3.8, 4) is 11.5 Å². The van der Waals surface area contributed by atoms with E-state index in [-0.39, 0.29) is 4.90 Å². The van der Waals surface area contributed by atoms with E-state index in [4.69, 9.17) is 14.2 Å². The summed E-state index contributed by atoms with van der Waals surface area (Å²) >= 11 is 0. The van der Waals surface area contributed by atoms with Crippen molar-refractivity contribution >= 4 is 21.4 Å². The van der Waals surface area contributed by atoms with Crippen LogP contribution < -0.4 is 19.1 Å². The number of hydrogen-bond donors (Lipinski definition) is 1. The maximum absolute atomic E-state index is 13.0. The third kappa shape index (κ3) is 5.83. The van der Waals surface area contributed by atoms with Gasteiger partial charge < -0.3 is 19.1 Å². The van der Waals surface area contributed by atoms with E-state index in [1.807, 2.05) is 32.0 Å². The summed E-state index contributed by atoms with van der Waals surface area (Å²) in [5.74, 6) is 1.09. The van der Waals surface area contributed by atoms with E-state index in [0.717, 1.165) is 37.2 Å². The lowest BCUT2D eigenvalue weighted by atomic mass is 10.1. The highest BCUT2D eigenvalue weighted by atomic mass is 32.2. The Morgan fingerprint density at radius 1 is 0.968 bits per heavy atom. The highest BCUT2D eigenvalue weighted by Gasteiger charge is 2.22. The first-order chi connectivity index (χ1) is 15.0. The van der Waals surface area contributed by atoms with Gasteiger partial charge in [0, 0.05) is 25.2 Å². The monoisotopic (exact) mass is 448 g/mol. The second-order valence-electron chi connectivity index (χ2n) is 7.28. The van der Waals surface area contributed by atoms with Gasteiger partial charge >= 0.3 is 0 Å². The fourth-order valence-electron chi connectivity index (χ4n) is 3.55. The minimum atomic E-state index is -3.77. The molecule has 0 atom stereocenters. The van der Waals surface area contributed by atoms with Crippen molar-refractivity contribution in [2.75, 3.05) is 49.1 Å². The lowest BCUT2D eigenvalue weighted by molar-refractivity contribution is 0.122. The molecule has 0 bridgehead atoms. The van der Waals surface area contributed by atoms with E-state index >= 15 is 0 Å². The third-order valence-electron chi connectivity index (χ3n) is 5.03. The Morgan fingerprint density at radius 2 is 1.61 bits per heavy atom. The van der Waals surface area contributed by atoms with Crippen molar-refractivity contribution in [1.29, 1.82) is 0 Å². The number of hydrogen-bond acceptors (Lipinski definition) is 6. The number of sulfonamides is 1. The average molecular weight is 449 g/mol. The smallest absolute Gasteiger partial charge is 0.262 e. The van der Waals surface area contributed by atoms with Crippen LogP contribution in [0.25, 0.3) is 0 Å². The van der Waals surface area contributed by atoms with Crippen LogP contribution >= 0.6 is 0 Å². The molecule has 0 aliphatic carbocycles. The average Bonchev–Trinajstić information content (AvgIpc) is 2.77. The molecule has 0 saturated carbocycles. The Labute approximate surface area is 185 Å². The van der Waals surface area contributed by atoms with Crippen LogP contribution in [0.15, 0.2) is 41.3 Å². The van der Waals surface area contributed by atoms with Gasteiger partial charge in [0.25, 0.3) is 10.0 Å².